The summed E-state index contributed by atoms with van der Waals surface area (Å²) in [5.74, 6) is 0.111. The molecule has 0 aliphatic carbocycles. The number of carbonyl (C=O) groups is 1. The predicted molar refractivity (Wildman–Crippen MR) is 102 cm³/mol. The number of ether oxygens (including phenoxy) is 1. The van der Waals surface area contributed by atoms with Crippen molar-refractivity contribution < 1.29 is 17.9 Å². The number of rotatable bonds is 7. The third kappa shape index (κ3) is 4.97. The van der Waals surface area contributed by atoms with E-state index >= 15 is 0 Å². The van der Waals surface area contributed by atoms with E-state index in [2.05, 4.69) is 10.0 Å². The molecule has 0 aliphatic rings. The van der Waals surface area contributed by atoms with E-state index in [1.54, 1.807) is 37.3 Å². The fourth-order valence-electron chi connectivity index (χ4n) is 2.26. The largest absolute Gasteiger partial charge is 0.494 e. The summed E-state index contributed by atoms with van der Waals surface area (Å²) in [6, 6.07) is 10.3. The quantitative estimate of drug-likeness (QED) is 0.751. The van der Waals surface area contributed by atoms with Crippen LogP contribution in [-0.2, 0) is 14.8 Å². The number of carbonyl (C=O) groups excluding carboxylic acids is 1. The summed E-state index contributed by atoms with van der Waals surface area (Å²) in [4.78, 5) is 12.3. The van der Waals surface area contributed by atoms with Crippen molar-refractivity contribution in [3.63, 3.8) is 0 Å². The maximum Gasteiger partial charge on any atom is 0.242 e. The Bertz CT molecular complexity index is 900. The summed E-state index contributed by atoms with van der Waals surface area (Å²) in [6.07, 6.45) is 0. The molecule has 2 aromatic carbocycles. The summed E-state index contributed by atoms with van der Waals surface area (Å²) in [7, 11) is -3.86. The molecule has 1 amide bonds. The molecule has 0 spiro atoms. The highest BCUT2D eigenvalue weighted by Crippen LogP contribution is 2.23. The van der Waals surface area contributed by atoms with Crippen LogP contribution in [0.5, 0.6) is 5.75 Å². The van der Waals surface area contributed by atoms with Gasteiger partial charge in [0.25, 0.3) is 0 Å². The van der Waals surface area contributed by atoms with Crippen molar-refractivity contribution in [2.75, 3.05) is 11.9 Å². The molecule has 0 saturated heterocycles. The molecule has 140 valence electrons. The molecular formula is C18H21ClN2O4S. The molecule has 2 aromatic rings. The lowest BCUT2D eigenvalue weighted by molar-refractivity contribution is -0.117. The number of sulfonamides is 1. The molecular weight excluding hydrogens is 376 g/mol. The zero-order valence-electron chi connectivity index (χ0n) is 14.7. The number of nitrogens with one attached hydrogen (secondary N) is 2. The average Bonchev–Trinajstić information content (AvgIpc) is 2.58. The minimum absolute atomic E-state index is 0.0656. The third-order valence-corrected chi connectivity index (χ3v) is 5.48. The van der Waals surface area contributed by atoms with Crippen molar-refractivity contribution in [2.24, 2.45) is 0 Å². The van der Waals surface area contributed by atoms with Gasteiger partial charge in [-0.3, -0.25) is 4.79 Å². The Kier molecular flexibility index (Phi) is 6.63. The van der Waals surface area contributed by atoms with Gasteiger partial charge in [-0.1, -0.05) is 23.7 Å². The minimum atomic E-state index is -3.86. The molecule has 0 saturated carbocycles. The van der Waals surface area contributed by atoms with Crippen LogP contribution in [0.2, 0.25) is 5.02 Å². The number of anilines is 1. The highest BCUT2D eigenvalue weighted by atomic mass is 35.5. The number of halogens is 1. The summed E-state index contributed by atoms with van der Waals surface area (Å²) in [6.45, 7) is 5.57. The number of benzene rings is 2. The SMILES string of the molecule is CCOc1ccc(S(=O)(=O)N[C@@H](C)C(=O)Nc2ccccc2Cl)cc1C. The Morgan fingerprint density at radius 1 is 1.23 bits per heavy atom. The van der Waals surface area contributed by atoms with E-state index in [-0.39, 0.29) is 4.90 Å². The maximum absolute atomic E-state index is 12.5. The Balaban J connectivity index is 2.11. The minimum Gasteiger partial charge on any atom is -0.494 e. The summed E-state index contributed by atoms with van der Waals surface area (Å²) in [5.41, 5.74) is 1.12. The first kappa shape index (κ1) is 20.2. The Morgan fingerprint density at radius 3 is 2.54 bits per heavy atom. The van der Waals surface area contributed by atoms with Crippen molar-refractivity contribution in [1.82, 2.24) is 4.72 Å². The van der Waals surface area contributed by atoms with Crippen molar-refractivity contribution in [2.45, 2.75) is 31.7 Å². The number of amides is 1. The van der Waals surface area contributed by atoms with E-state index in [1.165, 1.54) is 19.1 Å². The second-order valence-corrected chi connectivity index (χ2v) is 7.79. The number of hydrogen-bond donors (Lipinski definition) is 2. The van der Waals surface area contributed by atoms with Crippen LogP contribution in [0.25, 0.3) is 0 Å². The van der Waals surface area contributed by atoms with Crippen molar-refractivity contribution in [3.8, 4) is 5.75 Å². The second kappa shape index (κ2) is 8.53. The molecule has 26 heavy (non-hydrogen) atoms. The maximum atomic E-state index is 12.5. The van der Waals surface area contributed by atoms with Gasteiger partial charge in [-0.2, -0.15) is 4.72 Å². The van der Waals surface area contributed by atoms with Crippen LogP contribution in [0.4, 0.5) is 5.69 Å². The van der Waals surface area contributed by atoms with Gasteiger partial charge < -0.3 is 10.1 Å². The lowest BCUT2D eigenvalue weighted by Gasteiger charge is -2.16. The Morgan fingerprint density at radius 2 is 1.92 bits per heavy atom. The molecule has 0 radical (unpaired) electrons. The van der Waals surface area contributed by atoms with Crippen LogP contribution >= 0.6 is 11.6 Å². The molecule has 6 nitrogen and oxygen atoms in total. The first-order valence-corrected chi connectivity index (χ1v) is 9.92. The molecule has 2 N–H and O–H groups in total. The number of hydrogen-bond acceptors (Lipinski definition) is 4. The average molecular weight is 397 g/mol. The fourth-order valence-corrected chi connectivity index (χ4v) is 3.74. The van der Waals surface area contributed by atoms with Gasteiger partial charge in [-0.05, 0) is 56.7 Å². The van der Waals surface area contributed by atoms with Crippen LogP contribution in [0, 0.1) is 6.92 Å². The fraction of sp³-hybridized carbons (Fsp3) is 0.278. The smallest absolute Gasteiger partial charge is 0.242 e. The van der Waals surface area contributed by atoms with Gasteiger partial charge in [0.1, 0.15) is 5.75 Å². The van der Waals surface area contributed by atoms with E-state index in [0.29, 0.717) is 28.6 Å². The van der Waals surface area contributed by atoms with Gasteiger partial charge in [0.05, 0.1) is 28.3 Å². The molecule has 0 bridgehead atoms. The summed E-state index contributed by atoms with van der Waals surface area (Å²) < 4.78 is 32.8. The van der Waals surface area contributed by atoms with Gasteiger partial charge in [-0.25, -0.2) is 8.42 Å². The molecule has 0 aromatic heterocycles. The Hall–Kier alpha value is -2.09. The van der Waals surface area contributed by atoms with Crippen LogP contribution < -0.4 is 14.8 Å². The summed E-state index contributed by atoms with van der Waals surface area (Å²) >= 11 is 5.99. The van der Waals surface area contributed by atoms with Crippen molar-refractivity contribution in [3.05, 3.63) is 53.1 Å². The van der Waals surface area contributed by atoms with E-state index in [1.807, 2.05) is 6.92 Å². The first-order valence-electron chi connectivity index (χ1n) is 8.05. The van der Waals surface area contributed by atoms with Gasteiger partial charge in [0.2, 0.25) is 15.9 Å². The van der Waals surface area contributed by atoms with E-state index < -0.39 is 22.0 Å². The van der Waals surface area contributed by atoms with Crippen molar-refractivity contribution in [1.29, 1.82) is 0 Å². The van der Waals surface area contributed by atoms with Gasteiger partial charge >= 0.3 is 0 Å². The van der Waals surface area contributed by atoms with Gasteiger partial charge in [0, 0.05) is 0 Å². The number of para-hydroxylation sites is 1. The monoisotopic (exact) mass is 396 g/mol. The highest BCUT2D eigenvalue weighted by Gasteiger charge is 2.23. The highest BCUT2D eigenvalue weighted by molar-refractivity contribution is 7.89. The zero-order chi connectivity index (χ0) is 19.3. The lowest BCUT2D eigenvalue weighted by Crippen LogP contribution is -2.41. The standard InChI is InChI=1S/C18H21ClN2O4S/c1-4-25-17-10-9-14(11-12(17)2)26(23,24)21-13(3)18(22)20-16-8-6-5-7-15(16)19/h5-11,13,21H,4H2,1-3H3,(H,20,22)/t13-/m0/s1. The van der Waals surface area contributed by atoms with E-state index in [4.69, 9.17) is 16.3 Å². The first-order chi connectivity index (χ1) is 12.2. The molecule has 8 heteroatoms. The third-order valence-electron chi connectivity index (χ3n) is 3.61. The molecule has 2 rings (SSSR count). The molecule has 0 unspecified atom stereocenters. The van der Waals surface area contributed by atoms with Crippen LogP contribution in [0.1, 0.15) is 19.4 Å². The van der Waals surface area contributed by atoms with Crippen molar-refractivity contribution >= 4 is 33.2 Å². The van der Waals surface area contributed by atoms with Gasteiger partial charge in [-0.15, -0.1) is 0 Å². The molecule has 0 fully saturated rings. The van der Waals surface area contributed by atoms with Crippen LogP contribution in [0.15, 0.2) is 47.4 Å². The topological polar surface area (TPSA) is 84.5 Å². The molecule has 1 atom stereocenters. The van der Waals surface area contributed by atoms with E-state index in [9.17, 15) is 13.2 Å². The van der Waals surface area contributed by atoms with Crippen LogP contribution in [-0.4, -0.2) is 27.0 Å². The molecule has 0 heterocycles. The zero-order valence-corrected chi connectivity index (χ0v) is 16.3. The van der Waals surface area contributed by atoms with E-state index in [0.717, 1.165) is 0 Å². The second-order valence-electron chi connectivity index (χ2n) is 5.67. The predicted octanol–water partition coefficient (Wildman–Crippen LogP) is 3.35. The van der Waals surface area contributed by atoms with Crippen LogP contribution in [0.3, 0.4) is 0 Å². The summed E-state index contributed by atoms with van der Waals surface area (Å²) in [5, 5.41) is 2.98. The molecule has 0 aliphatic heterocycles. The Labute approximate surface area is 158 Å². The van der Waals surface area contributed by atoms with Gasteiger partial charge in [0.15, 0.2) is 0 Å². The lowest BCUT2D eigenvalue weighted by atomic mass is 10.2. The number of aryl methyl sites for hydroxylation is 1. The normalized spacial score (nSPS) is 12.5.